The van der Waals surface area contributed by atoms with E-state index in [1.165, 1.54) is 65.6 Å². The van der Waals surface area contributed by atoms with Gasteiger partial charge >= 0.3 is 0 Å². The van der Waals surface area contributed by atoms with E-state index in [1.807, 2.05) is 30.3 Å². The summed E-state index contributed by atoms with van der Waals surface area (Å²) < 4.78 is 2.38. The highest BCUT2D eigenvalue weighted by Gasteiger charge is 2.18. The van der Waals surface area contributed by atoms with Crippen LogP contribution in [-0.2, 0) is 0 Å². The largest absolute Gasteiger partial charge is 0.309 e. The van der Waals surface area contributed by atoms with Crippen molar-refractivity contribution >= 4 is 60.7 Å². The molecule has 2 heteroatoms. The quantitative estimate of drug-likeness (QED) is 0.0929. The molecule has 0 aliphatic heterocycles. The molecule has 55 heavy (non-hydrogen) atoms. The van der Waals surface area contributed by atoms with Crippen molar-refractivity contribution in [2.24, 2.45) is 0 Å². The molecule has 0 amide bonds. The lowest BCUT2D eigenvalue weighted by Crippen LogP contribution is -1.94. The third-order valence-corrected chi connectivity index (χ3v) is 10.8. The average Bonchev–Trinajstić information content (AvgIpc) is 3.60. The first kappa shape index (κ1) is 32.2. The molecule has 0 radical (unpaired) electrons. The van der Waals surface area contributed by atoms with Crippen LogP contribution < -0.4 is 0 Å². The monoisotopic (exact) mass is 698 g/mol. The van der Waals surface area contributed by atoms with Gasteiger partial charge in [0.1, 0.15) is 0 Å². The van der Waals surface area contributed by atoms with Crippen LogP contribution in [0.15, 0.2) is 200 Å². The van der Waals surface area contributed by atoms with Crippen LogP contribution in [0.1, 0.15) is 16.7 Å². The number of hydrogen-bond donors (Lipinski definition) is 0. The highest BCUT2D eigenvalue weighted by molar-refractivity contribution is 6.21. The van der Waals surface area contributed by atoms with Gasteiger partial charge in [0.05, 0.1) is 17.6 Å². The number of rotatable bonds is 6. The Morgan fingerprint density at radius 3 is 1.31 bits per heavy atom. The van der Waals surface area contributed by atoms with Crippen LogP contribution in [0.5, 0.6) is 0 Å². The van der Waals surface area contributed by atoms with E-state index < -0.39 is 0 Å². The van der Waals surface area contributed by atoms with Gasteiger partial charge in [0.25, 0.3) is 0 Å². The predicted octanol–water partition coefficient (Wildman–Crippen LogP) is 14.6. The minimum Gasteiger partial charge on any atom is -0.309 e. The molecule has 0 aliphatic carbocycles. The lowest BCUT2D eigenvalue weighted by molar-refractivity contribution is 1.18. The molecular weight excluding hydrogens is 665 g/mol. The van der Waals surface area contributed by atoms with Gasteiger partial charge in [0.2, 0.25) is 0 Å². The Labute approximate surface area is 320 Å². The Hall–Kier alpha value is -7.47. The molecule has 0 saturated carbocycles. The first-order chi connectivity index (χ1) is 27.2. The van der Waals surface area contributed by atoms with Crippen molar-refractivity contribution in [3.05, 3.63) is 228 Å². The summed E-state index contributed by atoms with van der Waals surface area (Å²) in [5.41, 5.74) is 13.5. The smallest absolute Gasteiger partial charge is 0.187 e. The van der Waals surface area contributed by atoms with E-state index in [-0.39, 0.29) is 0 Å². The van der Waals surface area contributed by atoms with Crippen molar-refractivity contribution in [2.45, 2.75) is 0 Å². The van der Waals surface area contributed by atoms with E-state index in [4.69, 9.17) is 6.57 Å². The molecule has 0 fully saturated rings. The number of benzene rings is 9. The second-order valence-corrected chi connectivity index (χ2v) is 14.0. The summed E-state index contributed by atoms with van der Waals surface area (Å²) in [6, 6.07) is 71.4. The summed E-state index contributed by atoms with van der Waals surface area (Å²) in [6.45, 7) is 7.40. The highest BCUT2D eigenvalue weighted by Crippen LogP contribution is 2.44. The zero-order chi connectivity index (χ0) is 36.7. The molecule has 256 valence electrons. The highest BCUT2D eigenvalue weighted by atomic mass is 15.0. The van der Waals surface area contributed by atoms with E-state index in [2.05, 4.69) is 185 Å². The van der Waals surface area contributed by atoms with Crippen LogP contribution in [0.25, 0.3) is 87.8 Å². The molecule has 0 atom stereocenters. The lowest BCUT2D eigenvalue weighted by Gasteiger charge is -2.18. The van der Waals surface area contributed by atoms with Gasteiger partial charge in [-0.1, -0.05) is 176 Å². The van der Waals surface area contributed by atoms with Gasteiger partial charge in [0, 0.05) is 16.5 Å². The summed E-state index contributed by atoms with van der Waals surface area (Å²) >= 11 is 0. The van der Waals surface area contributed by atoms with Gasteiger partial charge in [-0.3, -0.25) is 0 Å². The molecule has 10 rings (SSSR count). The lowest BCUT2D eigenvalue weighted by atomic mass is 9.85. The van der Waals surface area contributed by atoms with Crippen molar-refractivity contribution < 1.29 is 0 Å². The van der Waals surface area contributed by atoms with E-state index in [1.54, 1.807) is 0 Å². The maximum atomic E-state index is 7.40. The van der Waals surface area contributed by atoms with Crippen LogP contribution in [0.4, 0.5) is 5.69 Å². The van der Waals surface area contributed by atoms with Gasteiger partial charge in [-0.25, -0.2) is 4.85 Å². The Kier molecular flexibility index (Phi) is 7.90. The standard InChI is InChI=1S/C53H34N2/c1-54-41-31-27-38(28-32-41)49(37-13-3-2-4-14-37)35-36-23-25-39(26-24-36)52-45-17-5-7-19-47(45)53(48-20-8-6-18-46(48)52)40-29-33-42(34-30-40)55-50-21-11-9-15-43(50)44-16-10-12-22-51(44)55/h2-35H/b49-35+. The topological polar surface area (TPSA) is 9.29 Å². The fourth-order valence-electron chi connectivity index (χ4n) is 8.31. The molecule has 10 aromatic rings. The molecule has 0 spiro atoms. The molecule has 1 aromatic heterocycles. The van der Waals surface area contributed by atoms with Gasteiger partial charge < -0.3 is 4.57 Å². The number of hydrogen-bond acceptors (Lipinski definition) is 0. The maximum Gasteiger partial charge on any atom is 0.187 e. The summed E-state index contributed by atoms with van der Waals surface area (Å²) in [7, 11) is 0. The Morgan fingerprint density at radius 2 is 0.818 bits per heavy atom. The first-order valence-electron chi connectivity index (χ1n) is 18.6. The third-order valence-electron chi connectivity index (χ3n) is 10.8. The predicted molar refractivity (Wildman–Crippen MR) is 233 cm³/mol. The van der Waals surface area contributed by atoms with Crippen molar-refractivity contribution in [2.75, 3.05) is 0 Å². The molecule has 2 nitrogen and oxygen atoms in total. The second kappa shape index (κ2) is 13.5. The minimum absolute atomic E-state index is 0.641. The Morgan fingerprint density at radius 1 is 0.400 bits per heavy atom. The summed E-state index contributed by atoms with van der Waals surface area (Å²) in [5, 5.41) is 7.47. The van der Waals surface area contributed by atoms with Crippen LogP contribution >= 0.6 is 0 Å². The number of para-hydroxylation sites is 2. The van der Waals surface area contributed by atoms with Crippen LogP contribution in [-0.4, -0.2) is 4.57 Å². The SMILES string of the molecule is [C-]#[N+]c1ccc(/C(=C/c2ccc(-c3c4ccccc4c(-c4ccc(-n5c6ccccc6c6ccccc65)cc4)c4ccccc34)cc2)c2ccccc2)cc1. The van der Waals surface area contributed by atoms with E-state index in [0.717, 1.165) is 28.0 Å². The molecule has 0 bridgehead atoms. The zero-order valence-electron chi connectivity index (χ0n) is 30.0. The number of nitrogens with zero attached hydrogens (tertiary/aromatic N) is 2. The normalized spacial score (nSPS) is 11.7. The summed E-state index contributed by atoms with van der Waals surface area (Å²) in [5.74, 6) is 0. The second-order valence-electron chi connectivity index (χ2n) is 14.0. The Balaban J connectivity index is 1.09. The van der Waals surface area contributed by atoms with E-state index >= 15 is 0 Å². The number of fused-ring (bicyclic) bond motifs is 5. The summed E-state index contributed by atoms with van der Waals surface area (Å²) in [4.78, 5) is 3.59. The van der Waals surface area contributed by atoms with Crippen LogP contribution in [0.2, 0.25) is 0 Å². The van der Waals surface area contributed by atoms with E-state index in [0.29, 0.717) is 5.69 Å². The fraction of sp³-hybridized carbons (Fsp3) is 0. The summed E-state index contributed by atoms with van der Waals surface area (Å²) in [6.07, 6.45) is 2.24. The van der Waals surface area contributed by atoms with Crippen molar-refractivity contribution in [1.82, 2.24) is 4.57 Å². The van der Waals surface area contributed by atoms with Crippen LogP contribution in [0, 0.1) is 6.57 Å². The van der Waals surface area contributed by atoms with Crippen molar-refractivity contribution in [1.29, 1.82) is 0 Å². The molecule has 0 saturated heterocycles. The van der Waals surface area contributed by atoms with Crippen molar-refractivity contribution in [3.8, 4) is 27.9 Å². The minimum atomic E-state index is 0.641. The van der Waals surface area contributed by atoms with Crippen LogP contribution in [0.3, 0.4) is 0 Å². The molecule has 9 aromatic carbocycles. The third kappa shape index (κ3) is 5.59. The van der Waals surface area contributed by atoms with Gasteiger partial charge in [-0.15, -0.1) is 0 Å². The zero-order valence-corrected chi connectivity index (χ0v) is 30.0. The van der Waals surface area contributed by atoms with Gasteiger partial charge in [-0.2, -0.15) is 0 Å². The Bertz CT molecular complexity index is 2990. The number of aromatic nitrogens is 1. The van der Waals surface area contributed by atoms with Gasteiger partial charge in [-0.05, 0) is 96.4 Å². The fourth-order valence-corrected chi connectivity index (χ4v) is 8.31. The van der Waals surface area contributed by atoms with E-state index in [9.17, 15) is 0 Å². The first-order valence-corrected chi connectivity index (χ1v) is 18.6. The molecule has 1 heterocycles. The van der Waals surface area contributed by atoms with Gasteiger partial charge in [0.15, 0.2) is 5.69 Å². The molecular formula is C53H34N2. The maximum absolute atomic E-state index is 7.40. The molecule has 0 aliphatic rings. The van der Waals surface area contributed by atoms with Crippen molar-refractivity contribution in [3.63, 3.8) is 0 Å². The molecule has 0 unspecified atom stereocenters. The average molecular weight is 699 g/mol. The molecule has 0 N–H and O–H groups in total.